The Kier molecular flexibility index (Phi) is 4.76. The topological polar surface area (TPSA) is 40.5 Å². The number of hydrogen-bond donors (Lipinski definition) is 1. The van der Waals surface area contributed by atoms with Crippen molar-refractivity contribution in [2.24, 2.45) is 0 Å². The molecule has 0 amide bonds. The van der Waals surface area contributed by atoms with E-state index in [1.54, 1.807) is 13.0 Å². The fourth-order valence-corrected chi connectivity index (χ4v) is 2.97. The van der Waals surface area contributed by atoms with Crippen molar-refractivity contribution in [2.45, 2.75) is 45.6 Å². The van der Waals surface area contributed by atoms with Crippen molar-refractivity contribution in [3.05, 3.63) is 29.1 Å². The number of Topliss-reactive ketones (excluding diaryl/α,β-unsaturated/α-hetero) is 1. The fraction of sp³-hybridized carbons (Fsp3) is 0.562. The lowest BCUT2D eigenvalue weighted by Crippen LogP contribution is -2.30. The molecule has 1 aliphatic heterocycles. The molecular formula is C16H22FNO2. The number of halogens is 1. The molecule has 0 saturated carbocycles. The molecule has 2 rings (SSSR count). The number of carbonyl (C=O) groups is 1. The van der Waals surface area contributed by atoms with Crippen LogP contribution in [0.15, 0.2) is 12.1 Å². The van der Waals surface area contributed by atoms with Gasteiger partial charge < -0.3 is 10.0 Å². The minimum atomic E-state index is -0.329. The van der Waals surface area contributed by atoms with Gasteiger partial charge in [-0.15, -0.1) is 0 Å². The van der Waals surface area contributed by atoms with Gasteiger partial charge >= 0.3 is 0 Å². The summed E-state index contributed by atoms with van der Waals surface area (Å²) in [5, 5.41) is 8.98. The smallest absolute Gasteiger partial charge is 0.161 e. The highest BCUT2D eigenvalue weighted by Gasteiger charge is 2.27. The van der Waals surface area contributed by atoms with Gasteiger partial charge in [-0.2, -0.15) is 0 Å². The SMILES string of the molecule is CC(=O)c1cc(F)c(C)cc1N1CCCC1CCCO. The number of hydrogen-bond acceptors (Lipinski definition) is 3. The first kappa shape index (κ1) is 15.0. The quantitative estimate of drug-likeness (QED) is 0.842. The van der Waals surface area contributed by atoms with Crippen molar-refractivity contribution < 1.29 is 14.3 Å². The summed E-state index contributed by atoms with van der Waals surface area (Å²) in [6, 6.07) is 3.47. The summed E-state index contributed by atoms with van der Waals surface area (Å²) >= 11 is 0. The second-order valence-electron chi connectivity index (χ2n) is 5.53. The van der Waals surface area contributed by atoms with Crippen molar-refractivity contribution in [1.82, 2.24) is 0 Å². The second kappa shape index (κ2) is 6.35. The molecule has 0 radical (unpaired) electrons. The summed E-state index contributed by atoms with van der Waals surface area (Å²) in [6.45, 7) is 4.28. The van der Waals surface area contributed by atoms with Crippen LogP contribution in [0.2, 0.25) is 0 Å². The minimum absolute atomic E-state index is 0.105. The van der Waals surface area contributed by atoms with Crippen LogP contribution in [0.4, 0.5) is 10.1 Å². The Morgan fingerprint density at radius 1 is 1.50 bits per heavy atom. The van der Waals surface area contributed by atoms with E-state index in [0.29, 0.717) is 17.2 Å². The Balaban J connectivity index is 2.35. The van der Waals surface area contributed by atoms with E-state index in [-0.39, 0.29) is 18.2 Å². The predicted molar refractivity (Wildman–Crippen MR) is 77.8 cm³/mol. The Morgan fingerprint density at radius 3 is 2.90 bits per heavy atom. The zero-order chi connectivity index (χ0) is 14.7. The van der Waals surface area contributed by atoms with Crippen LogP contribution < -0.4 is 4.90 Å². The number of anilines is 1. The first-order valence-electron chi connectivity index (χ1n) is 7.23. The Labute approximate surface area is 119 Å². The number of ketones is 1. The van der Waals surface area contributed by atoms with Crippen LogP contribution in [-0.2, 0) is 0 Å². The number of carbonyl (C=O) groups excluding carboxylic acids is 1. The molecule has 1 fully saturated rings. The minimum Gasteiger partial charge on any atom is -0.396 e. The average molecular weight is 279 g/mol. The molecule has 1 aromatic carbocycles. The summed E-state index contributed by atoms with van der Waals surface area (Å²) in [4.78, 5) is 14.0. The summed E-state index contributed by atoms with van der Waals surface area (Å²) in [5.74, 6) is -0.434. The lowest BCUT2D eigenvalue weighted by Gasteiger charge is -2.29. The van der Waals surface area contributed by atoms with Gasteiger partial charge in [0.05, 0.1) is 0 Å². The van der Waals surface area contributed by atoms with Gasteiger partial charge in [-0.1, -0.05) is 0 Å². The van der Waals surface area contributed by atoms with Crippen LogP contribution >= 0.6 is 0 Å². The van der Waals surface area contributed by atoms with Crippen molar-refractivity contribution in [3.8, 4) is 0 Å². The van der Waals surface area contributed by atoms with E-state index in [4.69, 9.17) is 5.11 Å². The molecule has 0 aliphatic carbocycles. The molecule has 20 heavy (non-hydrogen) atoms. The molecule has 1 heterocycles. The molecular weight excluding hydrogens is 257 g/mol. The van der Waals surface area contributed by atoms with Crippen LogP contribution in [0.5, 0.6) is 0 Å². The Hall–Kier alpha value is -1.42. The highest BCUT2D eigenvalue weighted by atomic mass is 19.1. The zero-order valence-corrected chi connectivity index (χ0v) is 12.2. The molecule has 0 aromatic heterocycles. The number of aryl methyl sites for hydroxylation is 1. The predicted octanol–water partition coefficient (Wildman–Crippen LogP) is 3.08. The summed E-state index contributed by atoms with van der Waals surface area (Å²) in [6.07, 6.45) is 3.80. The molecule has 1 aromatic rings. The first-order chi connectivity index (χ1) is 9.54. The maximum Gasteiger partial charge on any atom is 0.161 e. The second-order valence-corrected chi connectivity index (χ2v) is 5.53. The third-order valence-electron chi connectivity index (χ3n) is 4.04. The first-order valence-corrected chi connectivity index (χ1v) is 7.23. The molecule has 3 nitrogen and oxygen atoms in total. The van der Waals surface area contributed by atoms with Crippen LogP contribution in [0.1, 0.15) is 48.5 Å². The highest BCUT2D eigenvalue weighted by molar-refractivity contribution is 6.00. The Bertz CT molecular complexity index is 501. The highest BCUT2D eigenvalue weighted by Crippen LogP contribution is 2.32. The number of aliphatic hydroxyl groups is 1. The molecule has 0 spiro atoms. The molecule has 1 atom stereocenters. The average Bonchev–Trinajstić information content (AvgIpc) is 2.87. The number of aliphatic hydroxyl groups excluding tert-OH is 1. The lowest BCUT2D eigenvalue weighted by atomic mass is 10.0. The van der Waals surface area contributed by atoms with E-state index < -0.39 is 0 Å². The molecule has 1 saturated heterocycles. The standard InChI is InChI=1S/C16H22FNO2/c1-11-9-16(14(12(2)20)10-15(11)17)18-7-3-5-13(18)6-4-8-19/h9-10,13,19H,3-8H2,1-2H3. The maximum absolute atomic E-state index is 13.7. The molecule has 110 valence electrons. The van der Waals surface area contributed by atoms with E-state index in [2.05, 4.69) is 4.90 Å². The number of nitrogens with zero attached hydrogens (tertiary/aromatic N) is 1. The van der Waals surface area contributed by atoms with E-state index in [1.807, 2.05) is 0 Å². The van der Waals surface area contributed by atoms with Crippen LogP contribution in [0.3, 0.4) is 0 Å². The van der Waals surface area contributed by atoms with Gasteiger partial charge in [0.2, 0.25) is 0 Å². The van der Waals surface area contributed by atoms with Crippen molar-refractivity contribution in [3.63, 3.8) is 0 Å². The molecule has 1 unspecified atom stereocenters. The third-order valence-corrected chi connectivity index (χ3v) is 4.04. The molecule has 0 bridgehead atoms. The monoisotopic (exact) mass is 279 g/mol. The van der Waals surface area contributed by atoms with Crippen LogP contribution in [0.25, 0.3) is 0 Å². The number of benzene rings is 1. The zero-order valence-electron chi connectivity index (χ0n) is 12.2. The van der Waals surface area contributed by atoms with Crippen LogP contribution in [0, 0.1) is 12.7 Å². The van der Waals surface area contributed by atoms with E-state index in [0.717, 1.165) is 37.9 Å². The van der Waals surface area contributed by atoms with E-state index in [1.165, 1.54) is 13.0 Å². The summed E-state index contributed by atoms with van der Waals surface area (Å²) < 4.78 is 13.7. The number of rotatable bonds is 5. The lowest BCUT2D eigenvalue weighted by molar-refractivity contribution is 0.101. The van der Waals surface area contributed by atoms with E-state index >= 15 is 0 Å². The van der Waals surface area contributed by atoms with Crippen molar-refractivity contribution in [2.75, 3.05) is 18.1 Å². The summed E-state index contributed by atoms with van der Waals surface area (Å²) in [7, 11) is 0. The third kappa shape index (κ3) is 3.01. The largest absolute Gasteiger partial charge is 0.396 e. The van der Waals surface area contributed by atoms with E-state index in [9.17, 15) is 9.18 Å². The van der Waals surface area contributed by atoms with Crippen LogP contribution in [-0.4, -0.2) is 30.1 Å². The van der Waals surface area contributed by atoms with Crippen molar-refractivity contribution in [1.29, 1.82) is 0 Å². The van der Waals surface area contributed by atoms with Gasteiger partial charge in [0, 0.05) is 30.4 Å². The maximum atomic E-state index is 13.7. The summed E-state index contributed by atoms with van der Waals surface area (Å²) in [5.41, 5.74) is 1.87. The molecule has 1 N–H and O–H groups in total. The van der Waals surface area contributed by atoms with Gasteiger partial charge in [0.25, 0.3) is 0 Å². The molecule has 1 aliphatic rings. The van der Waals surface area contributed by atoms with Crippen molar-refractivity contribution >= 4 is 11.5 Å². The molecule has 4 heteroatoms. The van der Waals surface area contributed by atoms with Gasteiger partial charge in [-0.25, -0.2) is 4.39 Å². The normalized spacial score (nSPS) is 18.6. The Morgan fingerprint density at radius 2 is 2.25 bits per heavy atom. The van der Waals surface area contributed by atoms with Gasteiger partial charge in [-0.05, 0) is 57.2 Å². The van der Waals surface area contributed by atoms with Gasteiger partial charge in [0.15, 0.2) is 5.78 Å². The van der Waals surface area contributed by atoms with Gasteiger partial charge in [0.1, 0.15) is 5.82 Å². The fourth-order valence-electron chi connectivity index (χ4n) is 2.97. The van der Waals surface area contributed by atoms with Gasteiger partial charge in [-0.3, -0.25) is 4.79 Å².